The molecule has 1 N–H and O–H groups in total. The predicted molar refractivity (Wildman–Crippen MR) is 167 cm³/mol. The molecule has 4 heteroatoms. The molecule has 0 aliphatic rings. The minimum absolute atomic E-state index is 0. The van der Waals surface area contributed by atoms with Crippen LogP contribution in [-0.2, 0) is 0 Å². The Morgan fingerprint density at radius 3 is 0.921 bits per heavy atom. The van der Waals surface area contributed by atoms with Gasteiger partial charge >= 0.3 is 0 Å². The van der Waals surface area contributed by atoms with Crippen molar-refractivity contribution in [2.45, 2.75) is 175 Å². The molecule has 0 spiro atoms. The summed E-state index contributed by atoms with van der Waals surface area (Å²) in [6.07, 6.45) is 34.9. The zero-order valence-electron chi connectivity index (χ0n) is 27.8. The first-order valence-corrected chi connectivity index (χ1v) is 17.0. The molecule has 0 aliphatic carbocycles. The first-order chi connectivity index (χ1) is 17.4. The molecule has 0 aliphatic heterocycles. The molecule has 0 aromatic rings. The van der Waals surface area contributed by atoms with Crippen LogP contribution in [0.25, 0.3) is 0 Å². The van der Waals surface area contributed by atoms with Crippen LogP contribution in [0.4, 0.5) is 0 Å². The number of nitrogens with one attached hydrogen (secondary N) is 1. The van der Waals surface area contributed by atoms with Gasteiger partial charge in [0.05, 0.1) is 47.8 Å². The summed E-state index contributed by atoms with van der Waals surface area (Å²) in [6, 6.07) is 0. The number of hydrogen-bond acceptors (Lipinski definition) is 0. The molecule has 0 heterocycles. The van der Waals surface area contributed by atoms with Gasteiger partial charge in [0, 0.05) is 0 Å². The van der Waals surface area contributed by atoms with E-state index >= 15 is 0 Å². The molecule has 236 valence electrons. The van der Waals surface area contributed by atoms with E-state index in [1.165, 1.54) is 178 Å². The number of hydrogen-bond donors (Lipinski definition) is 1. The Balaban J connectivity index is -0.000000291. The third-order valence-corrected chi connectivity index (χ3v) is 8.00. The van der Waals surface area contributed by atoms with Crippen LogP contribution in [0.15, 0.2) is 0 Å². The maximum atomic E-state index is 2.35. The molecule has 0 aromatic carbocycles. The summed E-state index contributed by atoms with van der Waals surface area (Å²) in [7, 11) is 9.19. The molecule has 0 saturated carbocycles. The number of nitrogens with zero attached hydrogens (tertiary/aromatic N) is 1. The van der Waals surface area contributed by atoms with Gasteiger partial charge in [-0.2, -0.15) is 0 Å². The van der Waals surface area contributed by atoms with Gasteiger partial charge in [0.1, 0.15) is 0 Å². The molecule has 0 atom stereocenters. The number of halogens is 2. The lowest BCUT2D eigenvalue weighted by Gasteiger charge is -2.28. The van der Waals surface area contributed by atoms with Crippen LogP contribution in [0.1, 0.15) is 175 Å². The monoisotopic (exact) mass is 670 g/mol. The van der Waals surface area contributed by atoms with E-state index in [1.807, 2.05) is 0 Å². The van der Waals surface area contributed by atoms with Crippen LogP contribution in [0.3, 0.4) is 0 Å². The van der Waals surface area contributed by atoms with Crippen molar-refractivity contribution in [2.24, 2.45) is 0 Å². The van der Waals surface area contributed by atoms with Gasteiger partial charge < -0.3 is 43.3 Å². The Hall–Kier alpha value is 0.880. The van der Waals surface area contributed by atoms with E-state index in [0.717, 1.165) is 0 Å². The smallest absolute Gasteiger partial charge is 0.0782 e. The van der Waals surface area contributed by atoms with Crippen molar-refractivity contribution in [3.8, 4) is 0 Å². The molecule has 0 rings (SSSR count). The van der Waals surface area contributed by atoms with Crippen molar-refractivity contribution >= 4 is 0 Å². The summed E-state index contributed by atoms with van der Waals surface area (Å²) < 4.78 is 1.19. The van der Waals surface area contributed by atoms with Crippen LogP contribution >= 0.6 is 0 Å². The van der Waals surface area contributed by atoms with Gasteiger partial charge in [-0.25, -0.2) is 0 Å². The molecule has 0 radical (unpaired) electrons. The van der Waals surface area contributed by atoms with Crippen LogP contribution in [0, 0.1) is 0 Å². The van der Waals surface area contributed by atoms with E-state index in [1.54, 1.807) is 4.90 Å². The molecule has 0 fully saturated rings. The molecular weight excluding hydrogens is 596 g/mol. The van der Waals surface area contributed by atoms with Gasteiger partial charge in [0.2, 0.25) is 0 Å². The Morgan fingerprint density at radius 2 is 0.658 bits per heavy atom. The summed E-state index contributed by atoms with van der Waals surface area (Å²) in [5, 5.41) is 0. The van der Waals surface area contributed by atoms with E-state index in [9.17, 15) is 0 Å². The largest absolute Gasteiger partial charge is 1.00 e. The van der Waals surface area contributed by atoms with Gasteiger partial charge in [-0.3, -0.25) is 0 Å². The average Bonchev–Trinajstić information content (AvgIpc) is 2.85. The maximum Gasteiger partial charge on any atom is 0.0782 e. The van der Waals surface area contributed by atoms with Crippen LogP contribution in [0.2, 0.25) is 0 Å². The highest BCUT2D eigenvalue weighted by atomic mass is 79.9. The Labute approximate surface area is 265 Å². The standard InChI is InChI=1S/C18H40N.C16H35N.2BrH/c1-5-7-8-9-10-11-12-13-14-15-16-17-18-19(3,4)6-2;1-4-5-6-7-8-9-10-11-12-13-14-15-16-17(2)3;;/h5-18H2,1-4H3;4-16H2,1-3H3;2*1H/q+1;;;/p-1. The minimum atomic E-state index is 0. The second-order valence-corrected chi connectivity index (χ2v) is 12.7. The first-order valence-electron chi connectivity index (χ1n) is 17.0. The number of unbranched alkanes of at least 4 members (excludes halogenated alkanes) is 22. The Bertz CT molecular complexity index is 389. The molecule has 2 nitrogen and oxygen atoms in total. The summed E-state index contributed by atoms with van der Waals surface area (Å²) in [6.45, 7) is 10.8. The van der Waals surface area contributed by atoms with Gasteiger partial charge in [-0.1, -0.05) is 142 Å². The zero-order chi connectivity index (χ0) is 27.2. The third kappa shape index (κ3) is 43.9. The van der Waals surface area contributed by atoms with Gasteiger partial charge in [-0.15, -0.1) is 0 Å². The molecule has 0 aromatic heterocycles. The fourth-order valence-corrected chi connectivity index (χ4v) is 4.86. The quantitative estimate of drug-likeness (QED) is 0.101. The fraction of sp³-hybridized carbons (Fsp3) is 1.00. The van der Waals surface area contributed by atoms with Crippen molar-refractivity contribution in [3.63, 3.8) is 0 Å². The fourth-order valence-electron chi connectivity index (χ4n) is 4.86. The molecule has 0 bridgehead atoms. The van der Waals surface area contributed by atoms with Gasteiger partial charge in [-0.05, 0) is 32.6 Å². The van der Waals surface area contributed by atoms with Gasteiger partial charge in [0.15, 0.2) is 0 Å². The highest BCUT2D eigenvalue weighted by Crippen LogP contribution is 2.13. The van der Waals surface area contributed by atoms with E-state index in [2.05, 4.69) is 49.0 Å². The van der Waals surface area contributed by atoms with Gasteiger partial charge in [0.25, 0.3) is 0 Å². The lowest BCUT2D eigenvalue weighted by molar-refractivity contribution is -0.888. The lowest BCUT2D eigenvalue weighted by atomic mass is 10.1. The summed E-state index contributed by atoms with van der Waals surface area (Å²) in [4.78, 5) is 1.59. The van der Waals surface area contributed by atoms with Crippen molar-refractivity contribution in [1.29, 1.82) is 0 Å². The Morgan fingerprint density at radius 1 is 0.395 bits per heavy atom. The topological polar surface area (TPSA) is 4.44 Å². The molecule has 0 unspecified atom stereocenters. The van der Waals surface area contributed by atoms with Crippen LogP contribution in [0.5, 0.6) is 0 Å². The van der Waals surface area contributed by atoms with E-state index in [-0.39, 0.29) is 34.0 Å². The lowest BCUT2D eigenvalue weighted by Crippen LogP contribution is -3.05. The molecular formula is C34H76Br2N2. The molecule has 0 saturated heterocycles. The SMILES string of the molecule is CCCCCCCCCCCCCC[N+](C)(C)CC.CCCCCCCCCCCCCC[NH+](C)C.[Br-].[Br-]. The van der Waals surface area contributed by atoms with E-state index in [4.69, 9.17) is 0 Å². The van der Waals surface area contributed by atoms with E-state index < -0.39 is 0 Å². The summed E-state index contributed by atoms with van der Waals surface area (Å²) in [5.74, 6) is 0. The van der Waals surface area contributed by atoms with Crippen LogP contribution < -0.4 is 38.9 Å². The highest BCUT2D eigenvalue weighted by molar-refractivity contribution is 4.49. The number of rotatable bonds is 27. The average molecular weight is 673 g/mol. The highest BCUT2D eigenvalue weighted by Gasteiger charge is 2.09. The summed E-state index contributed by atoms with van der Waals surface area (Å²) >= 11 is 0. The van der Waals surface area contributed by atoms with Crippen molar-refractivity contribution < 1.29 is 43.3 Å². The third-order valence-electron chi connectivity index (χ3n) is 8.00. The normalized spacial score (nSPS) is 11.1. The second kappa shape index (κ2) is 37.9. The second-order valence-electron chi connectivity index (χ2n) is 12.7. The molecule has 0 amide bonds. The van der Waals surface area contributed by atoms with Crippen molar-refractivity contribution in [2.75, 3.05) is 47.8 Å². The predicted octanol–water partition coefficient (Wildman–Crippen LogP) is 3.62. The van der Waals surface area contributed by atoms with E-state index in [0.29, 0.717) is 0 Å². The Kier molecular flexibility index (Phi) is 45.7. The minimum Gasteiger partial charge on any atom is -1.00 e. The zero-order valence-corrected chi connectivity index (χ0v) is 31.0. The summed E-state index contributed by atoms with van der Waals surface area (Å²) in [5.41, 5.74) is 0. The van der Waals surface area contributed by atoms with Crippen molar-refractivity contribution in [3.05, 3.63) is 0 Å². The maximum absolute atomic E-state index is 2.35. The number of quaternary nitrogens is 2. The van der Waals surface area contributed by atoms with Crippen molar-refractivity contribution in [1.82, 2.24) is 0 Å². The first kappa shape index (κ1) is 45.9. The van der Waals surface area contributed by atoms with Crippen LogP contribution in [-0.4, -0.2) is 52.3 Å². The molecule has 38 heavy (non-hydrogen) atoms.